The first kappa shape index (κ1) is 18.0. The van der Waals surface area contributed by atoms with Gasteiger partial charge in [-0.05, 0) is 13.0 Å². The van der Waals surface area contributed by atoms with Crippen LogP contribution in [0.3, 0.4) is 0 Å². The molecule has 1 aliphatic rings. The highest BCUT2D eigenvalue weighted by molar-refractivity contribution is 8.00. The number of anilines is 1. The predicted molar refractivity (Wildman–Crippen MR) is 82.1 cm³/mol. The summed E-state index contributed by atoms with van der Waals surface area (Å²) < 4.78 is 27.6. The molecule has 0 aromatic carbocycles. The van der Waals surface area contributed by atoms with E-state index >= 15 is 0 Å². The number of nitrogen functional groups attached to an aromatic ring is 1. The second kappa shape index (κ2) is 7.45. The first-order chi connectivity index (χ1) is 10.8. The summed E-state index contributed by atoms with van der Waals surface area (Å²) in [4.78, 5) is 36.0. The number of ether oxygens (including phenoxy) is 2. The zero-order valence-electron chi connectivity index (χ0n) is 12.2. The second-order valence-corrected chi connectivity index (χ2v) is 7.27. The van der Waals surface area contributed by atoms with Gasteiger partial charge < -0.3 is 20.1 Å². The van der Waals surface area contributed by atoms with Crippen molar-refractivity contribution in [2.24, 2.45) is 0 Å². The Morgan fingerprint density at radius 2 is 2.43 bits per heavy atom. The number of hydrogen-bond acceptors (Lipinski definition) is 9. The Hall–Kier alpha value is -1.39. The van der Waals surface area contributed by atoms with Crippen LogP contribution in [0.15, 0.2) is 17.1 Å². The molecule has 0 saturated carbocycles. The van der Waals surface area contributed by atoms with Crippen molar-refractivity contribution in [3.8, 4) is 0 Å². The normalized spacial score (nSPS) is 23.4. The van der Waals surface area contributed by atoms with Crippen LogP contribution in [0, 0.1) is 0 Å². The lowest BCUT2D eigenvalue weighted by Gasteiger charge is -2.16. The number of carbonyl (C=O) groups is 1. The Labute approximate surface area is 135 Å². The van der Waals surface area contributed by atoms with Crippen molar-refractivity contribution in [1.29, 1.82) is 0 Å². The molecular weight excluding hydrogens is 349 g/mol. The van der Waals surface area contributed by atoms with E-state index in [1.54, 1.807) is 0 Å². The quantitative estimate of drug-likeness (QED) is 0.694. The Balaban J connectivity index is 1.92. The van der Waals surface area contributed by atoms with Crippen LogP contribution in [-0.4, -0.2) is 44.6 Å². The van der Waals surface area contributed by atoms with Gasteiger partial charge in [0.15, 0.2) is 0 Å². The third-order valence-corrected chi connectivity index (χ3v) is 4.97. The summed E-state index contributed by atoms with van der Waals surface area (Å²) in [6.45, 7) is 1.18. The second-order valence-electron chi connectivity index (χ2n) is 4.41. The van der Waals surface area contributed by atoms with Gasteiger partial charge in [-0.25, -0.2) is 14.2 Å². The van der Waals surface area contributed by atoms with Gasteiger partial charge in [-0.1, -0.05) is 0 Å². The summed E-state index contributed by atoms with van der Waals surface area (Å²) in [5.41, 5.74) is 2.93. The Kier molecular flexibility index (Phi) is 5.82. The Bertz CT molecular complexity index is 682. The molecule has 0 spiro atoms. The van der Waals surface area contributed by atoms with Gasteiger partial charge in [-0.3, -0.25) is 9.09 Å². The van der Waals surface area contributed by atoms with E-state index in [1.165, 1.54) is 35.5 Å². The molecule has 0 radical (unpaired) electrons. The highest BCUT2D eigenvalue weighted by Crippen LogP contribution is 2.45. The van der Waals surface area contributed by atoms with Crippen LogP contribution in [-0.2, 0) is 18.6 Å². The number of hydrogen-bond donors (Lipinski definition) is 2. The van der Waals surface area contributed by atoms with Crippen LogP contribution < -0.4 is 11.4 Å². The van der Waals surface area contributed by atoms with E-state index in [0.29, 0.717) is 5.75 Å². The molecular formula is C11H16N3O7PS. The molecule has 23 heavy (non-hydrogen) atoms. The van der Waals surface area contributed by atoms with E-state index in [-0.39, 0.29) is 19.0 Å². The topological polar surface area (TPSA) is 143 Å². The lowest BCUT2D eigenvalue weighted by atomic mass is 10.5. The van der Waals surface area contributed by atoms with Crippen LogP contribution in [0.2, 0.25) is 0 Å². The van der Waals surface area contributed by atoms with Gasteiger partial charge in [-0.2, -0.15) is 4.98 Å². The minimum Gasteiger partial charge on any atom is -0.457 e. The van der Waals surface area contributed by atoms with Gasteiger partial charge in [0.05, 0.1) is 13.2 Å². The molecule has 1 aromatic rings. The minimum absolute atomic E-state index is 0.0312. The smallest absolute Gasteiger partial charge is 0.435 e. The zero-order valence-corrected chi connectivity index (χ0v) is 13.9. The molecule has 1 unspecified atom stereocenters. The summed E-state index contributed by atoms with van der Waals surface area (Å²) in [7, 11) is -4.51. The third kappa shape index (κ3) is 4.55. The number of rotatable bonds is 6. The number of nitrogens with zero attached hydrogens (tertiary/aromatic N) is 2. The average molecular weight is 365 g/mol. The summed E-state index contributed by atoms with van der Waals surface area (Å²) in [5.74, 6) is 0.515. The van der Waals surface area contributed by atoms with E-state index in [4.69, 9.17) is 15.0 Å². The first-order valence-electron chi connectivity index (χ1n) is 6.60. The predicted octanol–water partition coefficient (Wildman–Crippen LogP) is 0.772. The van der Waals surface area contributed by atoms with E-state index < -0.39 is 30.7 Å². The van der Waals surface area contributed by atoms with Crippen molar-refractivity contribution in [2.75, 3.05) is 24.7 Å². The SMILES string of the molecule is CCOC(=O)P(=O)(O)OC[C@H]1O[C@@H](n2ccc(N)nc2=O)CS1. The minimum atomic E-state index is -4.51. The van der Waals surface area contributed by atoms with Crippen LogP contribution in [0.4, 0.5) is 10.6 Å². The molecule has 12 heteroatoms. The maximum Gasteiger partial charge on any atom is 0.435 e. The Morgan fingerprint density at radius 1 is 1.70 bits per heavy atom. The monoisotopic (exact) mass is 365 g/mol. The van der Waals surface area contributed by atoms with Crippen molar-refractivity contribution < 1.29 is 28.3 Å². The first-order valence-corrected chi connectivity index (χ1v) is 9.22. The standard InChI is InChI=1S/C11H16N3O7PS/c1-2-19-11(16)22(17,18)20-5-9-21-8(6-23-9)14-4-3-7(12)13-10(14)15/h3-4,8-9H,2,5-6H2,1H3,(H,17,18)(H2,12,13,15)/t8-,9+/m1/s1. The number of nitrogens with two attached hydrogens (primary N) is 1. The van der Waals surface area contributed by atoms with Gasteiger partial charge in [0.1, 0.15) is 17.5 Å². The van der Waals surface area contributed by atoms with E-state index in [0.717, 1.165) is 0 Å². The highest BCUT2D eigenvalue weighted by Gasteiger charge is 2.36. The third-order valence-electron chi connectivity index (χ3n) is 2.78. The molecule has 3 atom stereocenters. The van der Waals surface area contributed by atoms with Gasteiger partial charge >= 0.3 is 19.0 Å². The van der Waals surface area contributed by atoms with Gasteiger partial charge in [-0.15, -0.1) is 11.8 Å². The van der Waals surface area contributed by atoms with Crippen LogP contribution in [0.1, 0.15) is 13.2 Å². The maximum atomic E-state index is 11.7. The van der Waals surface area contributed by atoms with Gasteiger partial charge in [0, 0.05) is 11.9 Å². The lowest BCUT2D eigenvalue weighted by molar-refractivity contribution is -0.00350. The molecule has 0 amide bonds. The molecule has 10 nitrogen and oxygen atoms in total. The fraction of sp³-hybridized carbons (Fsp3) is 0.545. The van der Waals surface area contributed by atoms with E-state index in [2.05, 4.69) is 9.72 Å². The van der Waals surface area contributed by atoms with E-state index in [9.17, 15) is 19.0 Å². The lowest BCUT2D eigenvalue weighted by Crippen LogP contribution is -2.28. The zero-order chi connectivity index (χ0) is 17.0. The maximum absolute atomic E-state index is 11.7. The highest BCUT2D eigenvalue weighted by atomic mass is 32.2. The summed E-state index contributed by atoms with van der Waals surface area (Å²) >= 11 is 1.27. The molecule has 1 fully saturated rings. The molecule has 128 valence electrons. The van der Waals surface area contributed by atoms with Crippen molar-refractivity contribution >= 4 is 30.9 Å². The molecule has 2 heterocycles. The van der Waals surface area contributed by atoms with Crippen molar-refractivity contribution in [2.45, 2.75) is 18.6 Å². The van der Waals surface area contributed by atoms with Crippen LogP contribution in [0.5, 0.6) is 0 Å². The van der Waals surface area contributed by atoms with Crippen molar-refractivity contribution in [3.05, 3.63) is 22.7 Å². The summed E-state index contributed by atoms with van der Waals surface area (Å²) in [6.07, 6.45) is 0.851. The Morgan fingerprint density at radius 3 is 3.09 bits per heavy atom. The summed E-state index contributed by atoms with van der Waals surface area (Å²) in [5, 5.41) is 0. The number of aromatic nitrogens is 2. The summed E-state index contributed by atoms with van der Waals surface area (Å²) in [6, 6.07) is 1.46. The molecule has 0 bridgehead atoms. The fourth-order valence-electron chi connectivity index (χ4n) is 1.74. The van der Waals surface area contributed by atoms with Crippen molar-refractivity contribution in [3.63, 3.8) is 0 Å². The van der Waals surface area contributed by atoms with Crippen LogP contribution in [0.25, 0.3) is 0 Å². The van der Waals surface area contributed by atoms with E-state index in [1.807, 2.05) is 0 Å². The molecule has 1 saturated heterocycles. The van der Waals surface area contributed by atoms with Gasteiger partial charge in [0.2, 0.25) is 0 Å². The largest absolute Gasteiger partial charge is 0.457 e. The molecule has 3 N–H and O–H groups in total. The van der Waals surface area contributed by atoms with Crippen molar-refractivity contribution in [1.82, 2.24) is 9.55 Å². The molecule has 0 aliphatic carbocycles. The molecule has 2 rings (SSSR count). The molecule has 1 aromatic heterocycles. The molecule has 1 aliphatic heterocycles. The average Bonchev–Trinajstić information content (AvgIpc) is 2.94. The fourth-order valence-corrected chi connectivity index (χ4v) is 3.57. The van der Waals surface area contributed by atoms with Gasteiger partial charge in [0.25, 0.3) is 0 Å². The number of thioether (sulfide) groups is 1. The van der Waals surface area contributed by atoms with Crippen LogP contribution >= 0.6 is 19.4 Å². The number of carbonyl (C=O) groups excluding carboxylic acids is 1.